The van der Waals surface area contributed by atoms with Crippen LogP contribution in [-0.4, -0.2) is 19.6 Å². The van der Waals surface area contributed by atoms with Crippen LogP contribution in [0.3, 0.4) is 0 Å². The Morgan fingerprint density at radius 1 is 1.20 bits per heavy atom. The third-order valence-electron chi connectivity index (χ3n) is 2.03. The summed E-state index contributed by atoms with van der Waals surface area (Å²) in [4.78, 5) is 0. The predicted molar refractivity (Wildman–Crippen MR) is 56.8 cm³/mol. The lowest BCUT2D eigenvalue weighted by Gasteiger charge is -1.91. The van der Waals surface area contributed by atoms with Gasteiger partial charge in [0.2, 0.25) is 0 Å². The molecule has 0 amide bonds. The Morgan fingerprint density at radius 2 is 2.00 bits per heavy atom. The van der Waals surface area contributed by atoms with Crippen LogP contribution in [0.25, 0.3) is 0 Å². The number of nitrogen functional groups attached to an aromatic ring is 1. The first-order valence-corrected chi connectivity index (χ1v) is 4.45. The topological polar surface area (TPSA) is 61.7 Å². The van der Waals surface area contributed by atoms with E-state index in [1.165, 1.54) is 0 Å². The molecule has 0 atom stereocenters. The minimum absolute atomic E-state index is 0.575. The van der Waals surface area contributed by atoms with Crippen LogP contribution < -0.4 is 5.73 Å². The summed E-state index contributed by atoms with van der Waals surface area (Å²) in [6.07, 6.45) is 5.21. The molecule has 0 aromatic carbocycles. The summed E-state index contributed by atoms with van der Waals surface area (Å²) in [5.41, 5.74) is 7.35. The van der Waals surface area contributed by atoms with Crippen molar-refractivity contribution in [3.8, 4) is 11.8 Å². The number of nitrogens with zero attached hydrogens (tertiary/aromatic N) is 4. The zero-order chi connectivity index (χ0) is 10.8. The SMILES string of the molecule is Cn1cc(C#Cc2cnn(C)c2N)cn1. The van der Waals surface area contributed by atoms with Gasteiger partial charge in [-0.1, -0.05) is 11.8 Å². The molecule has 5 heteroatoms. The van der Waals surface area contributed by atoms with Crippen molar-refractivity contribution in [1.82, 2.24) is 19.6 Å². The second-order valence-electron chi connectivity index (χ2n) is 3.22. The quantitative estimate of drug-likeness (QED) is 0.616. The number of aromatic nitrogens is 4. The number of hydrogen-bond donors (Lipinski definition) is 1. The molecule has 5 nitrogen and oxygen atoms in total. The molecule has 0 aliphatic heterocycles. The van der Waals surface area contributed by atoms with Crippen LogP contribution in [-0.2, 0) is 14.1 Å². The van der Waals surface area contributed by atoms with Crippen molar-refractivity contribution in [2.45, 2.75) is 0 Å². The van der Waals surface area contributed by atoms with E-state index in [0.717, 1.165) is 11.1 Å². The van der Waals surface area contributed by atoms with E-state index in [1.54, 1.807) is 28.8 Å². The third-order valence-corrected chi connectivity index (χ3v) is 2.03. The van der Waals surface area contributed by atoms with Gasteiger partial charge in [-0.25, -0.2) is 0 Å². The molecule has 15 heavy (non-hydrogen) atoms. The van der Waals surface area contributed by atoms with E-state index in [2.05, 4.69) is 22.0 Å². The van der Waals surface area contributed by atoms with Crippen molar-refractivity contribution in [3.63, 3.8) is 0 Å². The predicted octanol–water partition coefficient (Wildman–Crippen LogP) is 0.136. The zero-order valence-corrected chi connectivity index (χ0v) is 8.60. The van der Waals surface area contributed by atoms with Crippen molar-refractivity contribution in [2.24, 2.45) is 14.1 Å². The lowest BCUT2D eigenvalue weighted by molar-refractivity contribution is 0.767. The molecule has 0 fully saturated rings. The standard InChI is InChI=1S/C10H11N5/c1-14-7-8(5-12-14)3-4-9-6-13-15(2)10(9)11/h5-7H,11H2,1-2H3. The average Bonchev–Trinajstić information content (AvgIpc) is 2.74. The Balaban J connectivity index is 2.29. The summed E-state index contributed by atoms with van der Waals surface area (Å²) in [5.74, 6) is 6.50. The van der Waals surface area contributed by atoms with E-state index in [1.807, 2.05) is 13.2 Å². The summed E-state index contributed by atoms with van der Waals surface area (Å²) in [6.45, 7) is 0. The van der Waals surface area contributed by atoms with Gasteiger partial charge in [0.05, 0.1) is 23.5 Å². The first-order chi connectivity index (χ1) is 7.16. The fourth-order valence-corrected chi connectivity index (χ4v) is 1.17. The van der Waals surface area contributed by atoms with Crippen LogP contribution in [0, 0.1) is 11.8 Å². The highest BCUT2D eigenvalue weighted by Gasteiger charge is 2.00. The highest BCUT2D eigenvalue weighted by atomic mass is 15.3. The molecule has 0 radical (unpaired) electrons. The highest BCUT2D eigenvalue weighted by Crippen LogP contribution is 2.07. The molecule has 0 spiro atoms. The van der Waals surface area contributed by atoms with Crippen LogP contribution >= 0.6 is 0 Å². The normalized spacial score (nSPS) is 9.73. The van der Waals surface area contributed by atoms with Gasteiger partial charge in [0, 0.05) is 20.3 Å². The van der Waals surface area contributed by atoms with E-state index in [9.17, 15) is 0 Å². The summed E-state index contributed by atoms with van der Waals surface area (Å²) in [6, 6.07) is 0. The molecule has 2 heterocycles. The van der Waals surface area contributed by atoms with E-state index in [4.69, 9.17) is 5.73 Å². The molecule has 0 aliphatic rings. The van der Waals surface area contributed by atoms with Crippen molar-refractivity contribution < 1.29 is 0 Å². The molecule has 0 bridgehead atoms. The van der Waals surface area contributed by atoms with Gasteiger partial charge in [0.15, 0.2) is 0 Å². The second kappa shape index (κ2) is 3.50. The van der Waals surface area contributed by atoms with Crippen LogP contribution in [0.1, 0.15) is 11.1 Å². The Bertz CT molecular complexity index is 538. The van der Waals surface area contributed by atoms with E-state index in [-0.39, 0.29) is 0 Å². The highest BCUT2D eigenvalue weighted by molar-refractivity contribution is 5.52. The summed E-state index contributed by atoms with van der Waals surface area (Å²) in [5, 5.41) is 8.02. The molecule has 2 N–H and O–H groups in total. The first kappa shape index (κ1) is 9.34. The molecule has 0 saturated carbocycles. The molecule has 0 unspecified atom stereocenters. The van der Waals surface area contributed by atoms with Gasteiger partial charge in [-0.05, 0) is 0 Å². The van der Waals surface area contributed by atoms with Gasteiger partial charge in [-0.15, -0.1) is 0 Å². The van der Waals surface area contributed by atoms with Gasteiger partial charge < -0.3 is 5.73 Å². The molecule has 2 aromatic rings. The first-order valence-electron chi connectivity index (χ1n) is 4.45. The van der Waals surface area contributed by atoms with Gasteiger partial charge in [-0.2, -0.15) is 10.2 Å². The van der Waals surface area contributed by atoms with Gasteiger partial charge >= 0.3 is 0 Å². The van der Waals surface area contributed by atoms with E-state index in [0.29, 0.717) is 5.82 Å². The second-order valence-corrected chi connectivity index (χ2v) is 3.22. The van der Waals surface area contributed by atoms with E-state index < -0.39 is 0 Å². The molecule has 2 rings (SSSR count). The van der Waals surface area contributed by atoms with E-state index >= 15 is 0 Å². The van der Waals surface area contributed by atoms with Gasteiger partial charge in [0.1, 0.15) is 5.82 Å². The number of hydrogen-bond acceptors (Lipinski definition) is 3. The Morgan fingerprint density at radius 3 is 2.53 bits per heavy atom. The van der Waals surface area contributed by atoms with Crippen LogP contribution in [0.5, 0.6) is 0 Å². The molecule has 2 aromatic heterocycles. The minimum Gasteiger partial charge on any atom is -0.383 e. The monoisotopic (exact) mass is 201 g/mol. The molecule has 0 aliphatic carbocycles. The lowest BCUT2D eigenvalue weighted by atomic mass is 10.3. The van der Waals surface area contributed by atoms with Crippen LogP contribution in [0.4, 0.5) is 5.82 Å². The summed E-state index contributed by atoms with van der Waals surface area (Å²) >= 11 is 0. The molecule has 0 saturated heterocycles. The smallest absolute Gasteiger partial charge is 0.137 e. The number of anilines is 1. The maximum absolute atomic E-state index is 5.75. The molecular formula is C10H11N5. The number of nitrogens with two attached hydrogens (primary N) is 1. The largest absolute Gasteiger partial charge is 0.383 e. The minimum atomic E-state index is 0.575. The Labute approximate surface area is 87.5 Å². The molecular weight excluding hydrogens is 190 g/mol. The number of aryl methyl sites for hydroxylation is 2. The fraction of sp³-hybridized carbons (Fsp3) is 0.200. The van der Waals surface area contributed by atoms with Gasteiger partial charge in [-0.3, -0.25) is 9.36 Å². The van der Waals surface area contributed by atoms with Crippen molar-refractivity contribution >= 4 is 5.82 Å². The summed E-state index contributed by atoms with van der Waals surface area (Å²) < 4.78 is 3.30. The summed E-state index contributed by atoms with van der Waals surface area (Å²) in [7, 11) is 3.63. The Hall–Kier alpha value is -2.22. The van der Waals surface area contributed by atoms with Crippen molar-refractivity contribution in [3.05, 3.63) is 29.7 Å². The van der Waals surface area contributed by atoms with Crippen LogP contribution in [0.15, 0.2) is 18.6 Å². The Kier molecular flexibility index (Phi) is 2.18. The zero-order valence-electron chi connectivity index (χ0n) is 8.60. The van der Waals surface area contributed by atoms with Crippen molar-refractivity contribution in [2.75, 3.05) is 5.73 Å². The third kappa shape index (κ3) is 1.83. The van der Waals surface area contributed by atoms with Crippen LogP contribution in [0.2, 0.25) is 0 Å². The lowest BCUT2D eigenvalue weighted by Crippen LogP contribution is -1.98. The van der Waals surface area contributed by atoms with Crippen molar-refractivity contribution in [1.29, 1.82) is 0 Å². The molecule has 76 valence electrons. The average molecular weight is 201 g/mol. The number of rotatable bonds is 0. The van der Waals surface area contributed by atoms with Gasteiger partial charge in [0.25, 0.3) is 0 Å². The maximum Gasteiger partial charge on any atom is 0.137 e. The fourth-order valence-electron chi connectivity index (χ4n) is 1.17. The maximum atomic E-state index is 5.75.